The molecule has 3 aromatic rings. The van der Waals surface area contributed by atoms with E-state index < -0.39 is 63.3 Å². The van der Waals surface area contributed by atoms with Gasteiger partial charge in [-0.05, 0) is 55.2 Å². The standard InChI is InChI=1S/C33H35FN4O7S/c1-45-30(40)19-22-10-9-11-23(18-22)36-33(42)35-21-29(39)38-27(32(41)37-16-7-8-17-37)20-28(31(38)25-14-5-6-15-26(25)34)46(43,44)24-12-3-2-4-13-24/h2-6,9-15,18,27-28,31H,7-8,16-17,19-21H2,1H3,(H2,35,36,42). The van der Waals surface area contributed by atoms with E-state index in [-0.39, 0.29) is 23.3 Å². The van der Waals surface area contributed by atoms with Crippen LogP contribution >= 0.6 is 0 Å². The summed E-state index contributed by atoms with van der Waals surface area (Å²) in [5.74, 6) is -2.32. The van der Waals surface area contributed by atoms with Gasteiger partial charge in [-0.3, -0.25) is 14.4 Å². The second kappa shape index (κ2) is 14.1. The molecule has 0 bridgehead atoms. The van der Waals surface area contributed by atoms with Gasteiger partial charge in [0.05, 0.1) is 36.3 Å². The van der Waals surface area contributed by atoms with Crippen molar-refractivity contribution in [3.63, 3.8) is 0 Å². The van der Waals surface area contributed by atoms with Gasteiger partial charge in [-0.15, -0.1) is 0 Å². The first kappa shape index (κ1) is 32.6. The van der Waals surface area contributed by atoms with Crippen LogP contribution in [0.15, 0.2) is 83.8 Å². The highest BCUT2D eigenvalue weighted by molar-refractivity contribution is 7.92. The summed E-state index contributed by atoms with van der Waals surface area (Å²) in [4.78, 5) is 55.1. The number of hydrogen-bond acceptors (Lipinski definition) is 7. The molecular formula is C33H35FN4O7S. The zero-order valence-electron chi connectivity index (χ0n) is 25.2. The van der Waals surface area contributed by atoms with Crippen LogP contribution in [-0.4, -0.2) is 80.1 Å². The zero-order valence-corrected chi connectivity index (χ0v) is 26.0. The Balaban J connectivity index is 1.44. The third-order valence-electron chi connectivity index (χ3n) is 8.29. The number of methoxy groups -OCH3 is 1. The van der Waals surface area contributed by atoms with E-state index in [2.05, 4.69) is 15.4 Å². The maximum Gasteiger partial charge on any atom is 0.319 e. The summed E-state index contributed by atoms with van der Waals surface area (Å²) in [7, 11) is -2.89. The van der Waals surface area contributed by atoms with Gasteiger partial charge in [0.1, 0.15) is 11.9 Å². The van der Waals surface area contributed by atoms with Crippen molar-refractivity contribution < 1.29 is 36.7 Å². The number of urea groups is 1. The van der Waals surface area contributed by atoms with Crippen LogP contribution in [0.25, 0.3) is 0 Å². The van der Waals surface area contributed by atoms with Crippen molar-refractivity contribution in [2.24, 2.45) is 0 Å². The Labute approximate surface area is 266 Å². The Bertz CT molecular complexity index is 1710. The summed E-state index contributed by atoms with van der Waals surface area (Å²) in [5, 5.41) is 3.75. The first-order valence-electron chi connectivity index (χ1n) is 14.9. The van der Waals surface area contributed by atoms with Crippen LogP contribution in [0.1, 0.15) is 36.4 Å². The van der Waals surface area contributed by atoms with Crippen LogP contribution in [0.3, 0.4) is 0 Å². The fraction of sp³-hybridized carbons (Fsp3) is 0.333. The fourth-order valence-electron chi connectivity index (χ4n) is 6.10. The summed E-state index contributed by atoms with van der Waals surface area (Å²) in [5.41, 5.74) is 0.913. The number of ether oxygens (including phenoxy) is 1. The van der Waals surface area contributed by atoms with E-state index >= 15 is 4.39 Å². The molecule has 0 aromatic heterocycles. The van der Waals surface area contributed by atoms with E-state index in [1.54, 1.807) is 53.4 Å². The van der Waals surface area contributed by atoms with Crippen LogP contribution in [0.4, 0.5) is 14.9 Å². The lowest BCUT2D eigenvalue weighted by atomic mass is 10.0. The monoisotopic (exact) mass is 650 g/mol. The maximum absolute atomic E-state index is 15.4. The molecule has 5 rings (SSSR count). The van der Waals surface area contributed by atoms with Gasteiger partial charge in [-0.25, -0.2) is 17.6 Å². The number of hydrogen-bond donors (Lipinski definition) is 2. The van der Waals surface area contributed by atoms with Gasteiger partial charge >= 0.3 is 12.0 Å². The van der Waals surface area contributed by atoms with Gasteiger partial charge in [-0.1, -0.05) is 48.5 Å². The minimum absolute atomic E-state index is 0.00197. The molecule has 2 fully saturated rings. The third-order valence-corrected chi connectivity index (χ3v) is 10.5. The fourth-order valence-corrected chi connectivity index (χ4v) is 8.04. The van der Waals surface area contributed by atoms with Crippen LogP contribution < -0.4 is 10.6 Å². The molecule has 0 saturated carbocycles. The molecular weight excluding hydrogens is 615 g/mol. The smallest absolute Gasteiger partial charge is 0.319 e. The van der Waals surface area contributed by atoms with E-state index in [0.29, 0.717) is 24.3 Å². The Morgan fingerprint density at radius 3 is 2.33 bits per heavy atom. The zero-order chi connectivity index (χ0) is 32.8. The summed E-state index contributed by atoms with van der Waals surface area (Å²) in [6.07, 6.45) is 1.31. The summed E-state index contributed by atoms with van der Waals surface area (Å²) in [6, 6.07) is 16.5. The van der Waals surface area contributed by atoms with Crippen molar-refractivity contribution in [2.45, 2.75) is 47.9 Å². The van der Waals surface area contributed by atoms with Gasteiger partial charge in [0.25, 0.3) is 0 Å². The van der Waals surface area contributed by atoms with E-state index in [1.807, 2.05) is 0 Å². The highest BCUT2D eigenvalue weighted by Gasteiger charge is 2.54. The highest BCUT2D eigenvalue weighted by atomic mass is 32.2. The quantitative estimate of drug-likeness (QED) is 0.338. The second-order valence-electron chi connectivity index (χ2n) is 11.2. The average molecular weight is 651 g/mol. The number of nitrogens with one attached hydrogen (secondary N) is 2. The van der Waals surface area contributed by atoms with Gasteiger partial charge in [0.15, 0.2) is 9.84 Å². The molecule has 11 nitrogen and oxygen atoms in total. The van der Waals surface area contributed by atoms with Crippen molar-refractivity contribution in [3.05, 3.63) is 95.8 Å². The van der Waals surface area contributed by atoms with Crippen molar-refractivity contribution >= 4 is 39.3 Å². The lowest BCUT2D eigenvalue weighted by Crippen LogP contribution is -2.51. The number of esters is 1. The SMILES string of the molecule is COC(=O)Cc1cccc(NC(=O)NCC(=O)N2C(C(=O)N3CCCC3)CC(S(=O)(=O)c3ccccc3)C2c2ccccc2F)c1. The molecule has 4 amide bonds. The number of carbonyl (C=O) groups is 4. The normalized spacial score (nSPS) is 19.5. The van der Waals surface area contributed by atoms with E-state index in [1.165, 1.54) is 37.4 Å². The lowest BCUT2D eigenvalue weighted by Gasteiger charge is -2.33. The first-order chi connectivity index (χ1) is 22.1. The molecule has 2 saturated heterocycles. The topological polar surface area (TPSA) is 142 Å². The van der Waals surface area contributed by atoms with Crippen LogP contribution in [0.2, 0.25) is 0 Å². The number of rotatable bonds is 9. The first-order valence-corrected chi connectivity index (χ1v) is 16.5. The number of anilines is 1. The van der Waals surface area contributed by atoms with E-state index in [0.717, 1.165) is 17.7 Å². The highest BCUT2D eigenvalue weighted by Crippen LogP contribution is 2.44. The van der Waals surface area contributed by atoms with Crippen molar-refractivity contribution in [3.8, 4) is 0 Å². The Morgan fingerprint density at radius 1 is 0.935 bits per heavy atom. The molecule has 2 N–H and O–H groups in total. The molecule has 0 radical (unpaired) electrons. The largest absolute Gasteiger partial charge is 0.469 e. The summed E-state index contributed by atoms with van der Waals surface area (Å²) >= 11 is 0. The van der Waals surface area contributed by atoms with Crippen LogP contribution in [-0.2, 0) is 35.4 Å². The van der Waals surface area contributed by atoms with Gasteiger partial charge in [0.2, 0.25) is 11.8 Å². The molecule has 3 atom stereocenters. The molecule has 242 valence electrons. The van der Waals surface area contributed by atoms with Crippen LogP contribution in [0.5, 0.6) is 0 Å². The van der Waals surface area contributed by atoms with Crippen molar-refractivity contribution in [1.29, 1.82) is 0 Å². The number of sulfone groups is 1. The Hall–Kier alpha value is -4.78. The van der Waals surface area contributed by atoms with Gasteiger partial charge in [0, 0.05) is 24.3 Å². The minimum atomic E-state index is -4.16. The summed E-state index contributed by atoms with van der Waals surface area (Å²) in [6.45, 7) is 0.335. The lowest BCUT2D eigenvalue weighted by molar-refractivity contribution is -0.144. The molecule has 3 aromatic carbocycles. The number of amides is 4. The van der Waals surface area contributed by atoms with E-state index in [9.17, 15) is 27.6 Å². The number of benzene rings is 3. The molecule has 0 aliphatic carbocycles. The molecule has 46 heavy (non-hydrogen) atoms. The summed E-state index contributed by atoms with van der Waals surface area (Å²) < 4.78 is 48.3. The third kappa shape index (κ3) is 7.04. The van der Waals surface area contributed by atoms with E-state index in [4.69, 9.17) is 0 Å². The molecule has 3 unspecified atom stereocenters. The number of halogens is 1. The maximum atomic E-state index is 15.4. The predicted octanol–water partition coefficient (Wildman–Crippen LogP) is 3.47. The number of carbonyl (C=O) groups excluding carboxylic acids is 4. The Kier molecular flexibility index (Phi) is 10.0. The van der Waals surface area contributed by atoms with Gasteiger partial charge in [-0.2, -0.15) is 0 Å². The molecule has 0 spiro atoms. The molecule has 13 heteroatoms. The van der Waals surface area contributed by atoms with Gasteiger partial charge < -0.3 is 25.2 Å². The Morgan fingerprint density at radius 2 is 1.63 bits per heavy atom. The number of likely N-dealkylation sites (tertiary alicyclic amines) is 2. The average Bonchev–Trinajstić information content (AvgIpc) is 3.74. The molecule has 2 heterocycles. The van der Waals surface area contributed by atoms with Crippen LogP contribution in [0, 0.1) is 5.82 Å². The number of nitrogens with zero attached hydrogens (tertiary/aromatic N) is 2. The molecule has 2 aliphatic heterocycles. The molecule has 2 aliphatic rings. The van der Waals surface area contributed by atoms with Crippen molar-refractivity contribution in [2.75, 3.05) is 32.1 Å². The van der Waals surface area contributed by atoms with Crippen molar-refractivity contribution in [1.82, 2.24) is 15.1 Å². The predicted molar refractivity (Wildman–Crippen MR) is 167 cm³/mol. The second-order valence-corrected chi connectivity index (χ2v) is 13.4. The minimum Gasteiger partial charge on any atom is -0.469 e.